The smallest absolute Gasteiger partial charge is 0.321 e. The summed E-state index contributed by atoms with van der Waals surface area (Å²) in [6.07, 6.45) is 3.67. The quantitative estimate of drug-likeness (QED) is 0.392. The highest BCUT2D eigenvalue weighted by atomic mass is 16.5. The van der Waals surface area contributed by atoms with Crippen molar-refractivity contribution >= 4 is 34.6 Å². The summed E-state index contributed by atoms with van der Waals surface area (Å²) in [6, 6.07) is 14.9. The van der Waals surface area contributed by atoms with Gasteiger partial charge in [0.05, 0.1) is 18.4 Å². The maximum absolute atomic E-state index is 13.2. The first-order chi connectivity index (χ1) is 19.3. The molecule has 0 atom stereocenters. The van der Waals surface area contributed by atoms with Gasteiger partial charge in [0.2, 0.25) is 5.91 Å². The first kappa shape index (κ1) is 26.7. The molecule has 1 fully saturated rings. The summed E-state index contributed by atoms with van der Waals surface area (Å²) in [6.45, 7) is 3.35. The SMILES string of the molecule is COc1ccccc1-c1c[nH]c2ncc(-c3ccc(NC(=O)N4CCN(C(C)=O)CC4)c(C(=O)N(C)C)c3)cc12. The van der Waals surface area contributed by atoms with E-state index in [2.05, 4.69) is 15.3 Å². The molecule has 0 saturated carbocycles. The summed E-state index contributed by atoms with van der Waals surface area (Å²) in [7, 11) is 5.00. The number of H-pyrrole nitrogens is 1. The van der Waals surface area contributed by atoms with Crippen LogP contribution in [0, 0.1) is 0 Å². The van der Waals surface area contributed by atoms with Gasteiger partial charge in [0, 0.05) is 81.7 Å². The van der Waals surface area contributed by atoms with E-state index >= 15 is 0 Å². The van der Waals surface area contributed by atoms with Crippen molar-refractivity contribution in [2.75, 3.05) is 52.7 Å². The summed E-state index contributed by atoms with van der Waals surface area (Å²) >= 11 is 0. The van der Waals surface area contributed by atoms with Gasteiger partial charge in [-0.15, -0.1) is 0 Å². The number of aromatic nitrogens is 2. The van der Waals surface area contributed by atoms with E-state index in [1.54, 1.807) is 49.3 Å². The first-order valence-corrected chi connectivity index (χ1v) is 13.0. The second-order valence-electron chi connectivity index (χ2n) is 9.91. The van der Waals surface area contributed by atoms with Crippen molar-refractivity contribution in [1.29, 1.82) is 0 Å². The number of methoxy groups -OCH3 is 1. The number of nitrogens with one attached hydrogen (secondary N) is 2. The van der Waals surface area contributed by atoms with Crippen LogP contribution in [0.2, 0.25) is 0 Å². The topological polar surface area (TPSA) is 111 Å². The number of ether oxygens (including phenoxy) is 1. The van der Waals surface area contributed by atoms with Crippen LogP contribution in [0.25, 0.3) is 33.3 Å². The molecule has 40 heavy (non-hydrogen) atoms. The van der Waals surface area contributed by atoms with Crippen LogP contribution >= 0.6 is 0 Å². The van der Waals surface area contributed by atoms with Gasteiger partial charge in [-0.05, 0) is 29.8 Å². The molecule has 0 aliphatic carbocycles. The van der Waals surface area contributed by atoms with Gasteiger partial charge in [-0.3, -0.25) is 9.59 Å². The Morgan fingerprint density at radius 3 is 2.38 bits per heavy atom. The van der Waals surface area contributed by atoms with Crippen LogP contribution in [0.4, 0.5) is 10.5 Å². The number of hydrogen-bond acceptors (Lipinski definition) is 5. The van der Waals surface area contributed by atoms with Crippen molar-refractivity contribution in [2.45, 2.75) is 6.92 Å². The molecule has 1 aliphatic heterocycles. The summed E-state index contributed by atoms with van der Waals surface area (Å²) in [5.41, 5.74) is 5.06. The minimum atomic E-state index is -0.305. The van der Waals surface area contributed by atoms with Crippen molar-refractivity contribution in [3.63, 3.8) is 0 Å². The normalized spacial score (nSPS) is 13.3. The molecule has 10 heteroatoms. The third kappa shape index (κ3) is 5.20. The van der Waals surface area contributed by atoms with E-state index in [-0.39, 0.29) is 17.8 Å². The average molecular weight is 541 g/mol. The van der Waals surface area contributed by atoms with Crippen molar-refractivity contribution in [2.24, 2.45) is 0 Å². The van der Waals surface area contributed by atoms with Crippen LogP contribution in [0.1, 0.15) is 17.3 Å². The monoisotopic (exact) mass is 540 g/mol. The number of carbonyl (C=O) groups excluding carboxylic acids is 3. The standard InChI is InChI=1S/C30H32N6O4/c1-19(37)35-11-13-36(14-12-35)30(39)33-26-10-9-20(15-24(26)29(38)34(2)3)21-16-23-25(18-32-28(23)31-17-21)22-7-5-6-8-27(22)40-4/h5-10,15-18H,11-14H2,1-4H3,(H,31,32)(H,33,39). The van der Waals surface area contributed by atoms with Gasteiger partial charge in [-0.1, -0.05) is 24.3 Å². The summed E-state index contributed by atoms with van der Waals surface area (Å²) < 4.78 is 5.57. The first-order valence-electron chi connectivity index (χ1n) is 13.0. The number of para-hydroxylation sites is 1. The number of nitrogens with zero attached hydrogens (tertiary/aromatic N) is 4. The lowest BCUT2D eigenvalue weighted by atomic mass is 9.99. The second kappa shape index (κ2) is 11.1. The van der Waals surface area contributed by atoms with Crippen molar-refractivity contribution in [1.82, 2.24) is 24.7 Å². The van der Waals surface area contributed by atoms with Crippen molar-refractivity contribution < 1.29 is 19.1 Å². The molecule has 2 aromatic heterocycles. The number of pyridine rings is 1. The minimum Gasteiger partial charge on any atom is -0.496 e. The van der Waals surface area contributed by atoms with Crippen LogP contribution in [-0.4, -0.2) is 89.9 Å². The molecule has 0 bridgehead atoms. The van der Waals surface area contributed by atoms with Crippen molar-refractivity contribution in [3.8, 4) is 28.0 Å². The minimum absolute atomic E-state index is 0.00291. The fourth-order valence-corrected chi connectivity index (χ4v) is 4.92. The Bertz CT molecular complexity index is 1590. The predicted octanol–water partition coefficient (Wildman–Crippen LogP) is 4.30. The van der Waals surface area contributed by atoms with E-state index in [4.69, 9.17) is 4.74 Å². The van der Waals surface area contributed by atoms with Crippen LogP contribution < -0.4 is 10.1 Å². The number of rotatable bonds is 5. The largest absolute Gasteiger partial charge is 0.496 e. The Morgan fingerprint density at radius 1 is 0.950 bits per heavy atom. The predicted molar refractivity (Wildman–Crippen MR) is 154 cm³/mol. The Labute approximate surface area is 232 Å². The van der Waals surface area contributed by atoms with E-state index in [0.717, 1.165) is 39.0 Å². The fourth-order valence-electron chi connectivity index (χ4n) is 4.92. The number of carbonyl (C=O) groups is 3. The lowest BCUT2D eigenvalue weighted by molar-refractivity contribution is -0.130. The Balaban J connectivity index is 1.47. The van der Waals surface area contributed by atoms with Gasteiger partial charge in [0.25, 0.3) is 5.91 Å². The van der Waals surface area contributed by atoms with Gasteiger partial charge in [-0.2, -0.15) is 0 Å². The van der Waals surface area contributed by atoms with E-state index in [1.165, 1.54) is 11.8 Å². The van der Waals surface area contributed by atoms with E-state index in [1.807, 2.05) is 42.6 Å². The average Bonchev–Trinajstić information content (AvgIpc) is 3.40. The third-order valence-corrected chi connectivity index (χ3v) is 7.17. The van der Waals surface area contributed by atoms with Gasteiger partial charge in [0.1, 0.15) is 11.4 Å². The highest BCUT2D eigenvalue weighted by Crippen LogP contribution is 2.36. The zero-order valence-electron chi connectivity index (χ0n) is 23.0. The molecule has 1 saturated heterocycles. The molecule has 5 rings (SSSR count). The molecule has 2 N–H and O–H groups in total. The highest BCUT2D eigenvalue weighted by molar-refractivity contribution is 6.05. The number of fused-ring (bicyclic) bond motifs is 1. The van der Waals surface area contributed by atoms with E-state index in [9.17, 15) is 14.4 Å². The molecule has 0 unspecified atom stereocenters. The molecular weight excluding hydrogens is 508 g/mol. The number of anilines is 1. The van der Waals surface area contributed by atoms with Gasteiger partial charge in [0.15, 0.2) is 0 Å². The molecule has 3 heterocycles. The number of piperazine rings is 1. The maximum Gasteiger partial charge on any atom is 0.321 e. The van der Waals surface area contributed by atoms with Crippen molar-refractivity contribution in [3.05, 3.63) is 66.5 Å². The van der Waals surface area contributed by atoms with Gasteiger partial charge < -0.3 is 29.7 Å². The van der Waals surface area contributed by atoms with E-state index < -0.39 is 0 Å². The Morgan fingerprint density at radius 2 is 1.68 bits per heavy atom. The van der Waals surface area contributed by atoms with Crippen LogP contribution in [-0.2, 0) is 4.79 Å². The fraction of sp³-hybridized carbons (Fsp3) is 0.267. The Kier molecular flexibility index (Phi) is 7.41. The lowest BCUT2D eigenvalue weighted by Gasteiger charge is -2.34. The molecule has 4 amide bonds. The number of urea groups is 1. The molecule has 1 aliphatic rings. The molecule has 0 radical (unpaired) electrons. The molecule has 10 nitrogen and oxygen atoms in total. The number of hydrogen-bond donors (Lipinski definition) is 2. The van der Waals surface area contributed by atoms with Crippen LogP contribution in [0.15, 0.2) is 60.9 Å². The Hall–Kier alpha value is -4.86. The van der Waals surface area contributed by atoms with E-state index in [0.29, 0.717) is 37.4 Å². The summed E-state index contributed by atoms with van der Waals surface area (Å²) in [4.78, 5) is 50.6. The highest BCUT2D eigenvalue weighted by Gasteiger charge is 2.24. The lowest BCUT2D eigenvalue weighted by Crippen LogP contribution is -2.51. The molecule has 206 valence electrons. The zero-order valence-corrected chi connectivity index (χ0v) is 23.0. The zero-order chi connectivity index (χ0) is 28.4. The molecule has 4 aromatic rings. The molecular formula is C30H32N6O4. The van der Waals surface area contributed by atoms with Gasteiger partial charge in [-0.25, -0.2) is 9.78 Å². The summed E-state index contributed by atoms with van der Waals surface area (Å²) in [5, 5.41) is 3.83. The molecule has 0 spiro atoms. The van der Waals surface area contributed by atoms with Gasteiger partial charge >= 0.3 is 6.03 Å². The number of aromatic amines is 1. The van der Waals surface area contributed by atoms with Crippen LogP contribution in [0.5, 0.6) is 5.75 Å². The second-order valence-corrected chi connectivity index (χ2v) is 9.91. The van der Waals surface area contributed by atoms with Crippen LogP contribution in [0.3, 0.4) is 0 Å². The molecule has 2 aromatic carbocycles. The number of benzene rings is 2. The number of amides is 4. The third-order valence-electron chi connectivity index (χ3n) is 7.17. The maximum atomic E-state index is 13.2. The summed E-state index contributed by atoms with van der Waals surface area (Å²) in [5.74, 6) is 0.524.